The van der Waals surface area contributed by atoms with Gasteiger partial charge in [-0.15, -0.1) is 0 Å². The predicted molar refractivity (Wildman–Crippen MR) is 135 cm³/mol. The Balaban J connectivity index is 3.00. The summed E-state index contributed by atoms with van der Waals surface area (Å²) in [6.45, 7) is 15.5. The fourth-order valence-electron chi connectivity index (χ4n) is 4.02. The zero-order chi connectivity index (χ0) is 27.5. The van der Waals surface area contributed by atoms with E-state index in [2.05, 4.69) is 5.32 Å². The fourth-order valence-corrected chi connectivity index (χ4v) is 4.02. The van der Waals surface area contributed by atoms with Gasteiger partial charge >= 0.3 is 11.9 Å². The van der Waals surface area contributed by atoms with Crippen LogP contribution in [0.15, 0.2) is 0 Å². The third kappa shape index (κ3) is 15.0. The summed E-state index contributed by atoms with van der Waals surface area (Å²) in [6.07, 6.45) is -2.55. The van der Waals surface area contributed by atoms with Crippen molar-refractivity contribution >= 4 is 11.9 Å². The summed E-state index contributed by atoms with van der Waals surface area (Å²) in [5.74, 6) is -2.38. The Hall–Kier alpha value is -1.38. The number of aliphatic hydroxyl groups is 2. The number of ether oxygens (including phenoxy) is 2. The zero-order valence-corrected chi connectivity index (χ0v) is 22.8. The first-order valence-corrected chi connectivity index (χ1v) is 12.6. The monoisotopic (exact) mass is 520 g/mol. The van der Waals surface area contributed by atoms with Crippen molar-refractivity contribution in [3.63, 3.8) is 0 Å². The SMILES string of the molecule is CC(C)(C)OC(O)CN1CCNCCN(CC(O)OC(C)(C)C)CCN(C(CC(=O)O)C(=O)O)CC1. The minimum atomic E-state index is -1.20. The summed E-state index contributed by atoms with van der Waals surface area (Å²) < 4.78 is 11.3. The van der Waals surface area contributed by atoms with Gasteiger partial charge in [-0.1, -0.05) is 0 Å². The number of carbonyl (C=O) groups is 2. The van der Waals surface area contributed by atoms with Crippen LogP contribution in [0.3, 0.4) is 0 Å². The van der Waals surface area contributed by atoms with Crippen LogP contribution in [0.2, 0.25) is 0 Å². The number of rotatable bonds is 10. The Morgan fingerprint density at radius 1 is 0.778 bits per heavy atom. The number of hydrogen-bond donors (Lipinski definition) is 5. The smallest absolute Gasteiger partial charge is 0.321 e. The number of aliphatic carboxylic acids is 2. The van der Waals surface area contributed by atoms with E-state index < -0.39 is 48.2 Å². The summed E-state index contributed by atoms with van der Waals surface area (Å²) in [7, 11) is 0. The molecule has 1 heterocycles. The van der Waals surface area contributed by atoms with Gasteiger partial charge in [-0.2, -0.15) is 0 Å². The van der Waals surface area contributed by atoms with E-state index in [0.29, 0.717) is 52.4 Å². The second kappa shape index (κ2) is 15.1. The second-order valence-electron chi connectivity index (χ2n) is 11.2. The first-order chi connectivity index (χ1) is 16.6. The van der Waals surface area contributed by atoms with Crippen molar-refractivity contribution in [1.82, 2.24) is 20.0 Å². The van der Waals surface area contributed by atoms with Crippen LogP contribution in [0.1, 0.15) is 48.0 Å². The molecule has 0 aromatic heterocycles. The zero-order valence-electron chi connectivity index (χ0n) is 22.8. The molecule has 1 rings (SSSR count). The predicted octanol–water partition coefficient (Wildman–Crippen LogP) is -0.309. The standard InChI is InChI=1S/C24H48N4O8/c1-23(2,3)35-20(31)16-26-9-7-25-8-10-27(17-21(32)36-24(4,5)6)12-14-28(13-11-26)18(22(33)34)15-19(29)30/h18,20-21,25,31-32H,7-17H2,1-6H3,(H,29,30)(H,33,34). The molecule has 5 N–H and O–H groups in total. The Morgan fingerprint density at radius 2 is 1.19 bits per heavy atom. The van der Waals surface area contributed by atoms with Gasteiger partial charge in [-0.25, -0.2) is 0 Å². The molecular weight excluding hydrogens is 472 g/mol. The van der Waals surface area contributed by atoms with Crippen LogP contribution >= 0.6 is 0 Å². The van der Waals surface area contributed by atoms with E-state index in [1.54, 1.807) is 4.90 Å². The minimum absolute atomic E-state index is 0.242. The third-order valence-corrected chi connectivity index (χ3v) is 5.52. The van der Waals surface area contributed by atoms with E-state index in [0.717, 1.165) is 0 Å². The van der Waals surface area contributed by atoms with Crippen LogP contribution in [0.4, 0.5) is 0 Å². The molecule has 0 amide bonds. The van der Waals surface area contributed by atoms with E-state index >= 15 is 0 Å². The molecule has 0 aromatic carbocycles. The highest BCUT2D eigenvalue weighted by atomic mass is 16.6. The topological polar surface area (TPSA) is 155 Å². The van der Waals surface area contributed by atoms with Crippen molar-refractivity contribution < 1.29 is 39.5 Å². The lowest BCUT2D eigenvalue weighted by Crippen LogP contribution is -2.52. The Morgan fingerprint density at radius 3 is 1.53 bits per heavy atom. The van der Waals surface area contributed by atoms with Crippen LogP contribution in [-0.4, -0.2) is 142 Å². The van der Waals surface area contributed by atoms with E-state index in [1.165, 1.54) is 0 Å². The van der Waals surface area contributed by atoms with Gasteiger partial charge in [0.1, 0.15) is 6.04 Å². The van der Waals surface area contributed by atoms with E-state index in [-0.39, 0.29) is 13.1 Å². The number of β-amino-alcohol motifs (C(OH)–C–C–N with tert-alkyl or cyclic N) is 2. The molecule has 0 bridgehead atoms. The normalized spacial score (nSPS) is 21.2. The van der Waals surface area contributed by atoms with Crippen LogP contribution in [-0.2, 0) is 19.1 Å². The molecule has 0 saturated carbocycles. The summed E-state index contributed by atoms with van der Waals surface area (Å²) in [5.41, 5.74) is -1.03. The van der Waals surface area contributed by atoms with Crippen molar-refractivity contribution in [3.8, 4) is 0 Å². The maximum absolute atomic E-state index is 12.0. The molecular formula is C24H48N4O8. The fraction of sp³-hybridized carbons (Fsp3) is 0.917. The van der Waals surface area contributed by atoms with Gasteiger partial charge in [-0.05, 0) is 41.5 Å². The lowest BCUT2D eigenvalue weighted by atomic mass is 10.1. The number of carboxylic acid groups (broad SMARTS) is 2. The Bertz CT molecular complexity index is 629. The molecule has 1 aliphatic rings. The van der Waals surface area contributed by atoms with E-state index in [1.807, 2.05) is 51.3 Å². The maximum atomic E-state index is 12.0. The van der Waals surface area contributed by atoms with Crippen molar-refractivity contribution in [2.75, 3.05) is 65.4 Å². The molecule has 36 heavy (non-hydrogen) atoms. The van der Waals surface area contributed by atoms with Gasteiger partial charge in [0.05, 0.1) is 17.6 Å². The minimum Gasteiger partial charge on any atom is -0.481 e. The molecule has 0 aliphatic carbocycles. The maximum Gasteiger partial charge on any atom is 0.321 e. The highest BCUT2D eigenvalue weighted by Crippen LogP contribution is 2.13. The third-order valence-electron chi connectivity index (χ3n) is 5.52. The van der Waals surface area contributed by atoms with Crippen LogP contribution in [0.5, 0.6) is 0 Å². The van der Waals surface area contributed by atoms with Gasteiger partial charge < -0.3 is 35.2 Å². The summed E-state index contributed by atoms with van der Waals surface area (Å²) in [5, 5.41) is 43.3. The van der Waals surface area contributed by atoms with Gasteiger partial charge in [0.15, 0.2) is 12.6 Å². The average molecular weight is 521 g/mol. The first-order valence-electron chi connectivity index (χ1n) is 12.6. The number of hydrogen-bond acceptors (Lipinski definition) is 10. The molecule has 0 spiro atoms. The van der Waals surface area contributed by atoms with Crippen molar-refractivity contribution in [2.45, 2.75) is 77.8 Å². The molecule has 1 saturated heterocycles. The molecule has 0 radical (unpaired) electrons. The first kappa shape index (κ1) is 32.6. The molecule has 212 valence electrons. The van der Waals surface area contributed by atoms with Gasteiger partial charge in [-0.3, -0.25) is 24.3 Å². The van der Waals surface area contributed by atoms with Gasteiger partial charge in [0, 0.05) is 65.4 Å². The van der Waals surface area contributed by atoms with E-state index in [4.69, 9.17) is 9.47 Å². The van der Waals surface area contributed by atoms with Gasteiger partial charge in [0.25, 0.3) is 0 Å². The van der Waals surface area contributed by atoms with Gasteiger partial charge in [0.2, 0.25) is 0 Å². The van der Waals surface area contributed by atoms with Crippen molar-refractivity contribution in [3.05, 3.63) is 0 Å². The molecule has 0 aromatic rings. The molecule has 12 nitrogen and oxygen atoms in total. The molecule has 1 aliphatic heterocycles. The Kier molecular flexibility index (Phi) is 13.7. The number of aliphatic hydroxyl groups excluding tert-OH is 2. The van der Waals surface area contributed by atoms with Crippen LogP contribution in [0.25, 0.3) is 0 Å². The van der Waals surface area contributed by atoms with Crippen LogP contribution < -0.4 is 5.32 Å². The largest absolute Gasteiger partial charge is 0.481 e. The second-order valence-corrected chi connectivity index (χ2v) is 11.2. The van der Waals surface area contributed by atoms with Crippen LogP contribution in [0, 0.1) is 0 Å². The van der Waals surface area contributed by atoms with Crippen molar-refractivity contribution in [2.24, 2.45) is 0 Å². The van der Waals surface area contributed by atoms with Crippen molar-refractivity contribution in [1.29, 1.82) is 0 Å². The lowest BCUT2D eigenvalue weighted by Gasteiger charge is -2.35. The highest BCUT2D eigenvalue weighted by Gasteiger charge is 2.30. The van der Waals surface area contributed by atoms with E-state index in [9.17, 15) is 30.0 Å². The number of nitrogens with one attached hydrogen (secondary N) is 1. The molecule has 1 fully saturated rings. The molecule has 12 heteroatoms. The number of carboxylic acids is 2. The highest BCUT2D eigenvalue weighted by molar-refractivity contribution is 5.80. The Labute approximate surface area is 215 Å². The summed E-state index contributed by atoms with van der Waals surface area (Å²) in [6, 6.07) is -1.20. The summed E-state index contributed by atoms with van der Waals surface area (Å²) >= 11 is 0. The number of nitrogens with zero attached hydrogens (tertiary/aromatic N) is 3. The quantitative estimate of drug-likeness (QED) is 0.240. The average Bonchev–Trinajstić information content (AvgIpc) is 2.67. The summed E-state index contributed by atoms with van der Waals surface area (Å²) in [4.78, 5) is 29.0. The molecule has 3 atom stereocenters. The molecule has 3 unspecified atom stereocenters. The lowest BCUT2D eigenvalue weighted by molar-refractivity contribution is -0.174.